The van der Waals surface area contributed by atoms with Gasteiger partial charge in [-0.15, -0.1) is 0 Å². The van der Waals surface area contributed by atoms with Crippen LogP contribution in [0.15, 0.2) is 54.6 Å². The summed E-state index contributed by atoms with van der Waals surface area (Å²) in [5.74, 6) is 0.767. The summed E-state index contributed by atoms with van der Waals surface area (Å²) < 4.78 is 13.5. The molecule has 2 unspecified atom stereocenters. The lowest BCUT2D eigenvalue weighted by atomic mass is 9.71. The van der Waals surface area contributed by atoms with E-state index in [0.717, 1.165) is 24.2 Å². The molecule has 2 atom stereocenters. The van der Waals surface area contributed by atoms with Crippen molar-refractivity contribution in [1.29, 1.82) is 0 Å². The Kier molecular flexibility index (Phi) is 17.1. The molecule has 2 nitrogen and oxygen atoms in total. The third-order valence-corrected chi connectivity index (χ3v) is 20.8. The minimum absolute atomic E-state index is 0.0419. The minimum Gasteiger partial charge on any atom is -0.465 e. The van der Waals surface area contributed by atoms with Crippen molar-refractivity contribution in [3.63, 3.8) is 0 Å². The molecule has 412 valence electrons. The molecule has 0 heterocycles. The van der Waals surface area contributed by atoms with Crippen LogP contribution in [0.1, 0.15) is 235 Å². The maximum Gasteiger partial charge on any atom is 0.197 e. The first-order valence-corrected chi connectivity index (χ1v) is 29.6. The Balaban J connectivity index is 1.56. The van der Waals surface area contributed by atoms with Crippen molar-refractivity contribution in [2.24, 2.45) is 0 Å². The lowest BCUT2D eigenvalue weighted by Gasteiger charge is -2.33. The number of hydrogen-bond donors (Lipinski definition) is 0. The van der Waals surface area contributed by atoms with E-state index >= 15 is 0 Å². The van der Waals surface area contributed by atoms with E-state index in [9.17, 15) is 0 Å². The molecule has 0 N–H and O–H groups in total. The molecule has 1 aliphatic rings. The highest BCUT2D eigenvalue weighted by Gasteiger charge is 2.33. The van der Waals surface area contributed by atoms with E-state index in [0.29, 0.717) is 0 Å². The van der Waals surface area contributed by atoms with Crippen LogP contribution in [-0.4, -0.2) is 12.4 Å². The van der Waals surface area contributed by atoms with Crippen molar-refractivity contribution in [3.05, 3.63) is 233 Å². The molecule has 7 aromatic rings. The predicted octanol–water partition coefficient (Wildman–Crippen LogP) is 20.4. The van der Waals surface area contributed by atoms with Gasteiger partial charge in [-0.2, -0.15) is 0 Å². The molecule has 0 spiro atoms. The lowest BCUT2D eigenvalue weighted by molar-refractivity contribution is -0.117. The molecular formula is C76H96O2. The summed E-state index contributed by atoms with van der Waals surface area (Å²) in [5.41, 5.74) is 43.2. The fraction of sp³-hybridized carbons (Fsp3) is 0.447. The number of benzene rings is 7. The Hall–Kier alpha value is -5.70. The first-order valence-electron chi connectivity index (χ1n) is 29.6. The third-order valence-electron chi connectivity index (χ3n) is 20.8. The average molecular weight is 1040 g/mol. The molecule has 78 heavy (non-hydrogen) atoms. The predicted molar refractivity (Wildman–Crippen MR) is 335 cm³/mol. The zero-order valence-corrected chi connectivity index (χ0v) is 52.9. The van der Waals surface area contributed by atoms with Gasteiger partial charge in [0, 0.05) is 17.8 Å². The SMILES string of the molecule is Cc1cc(C(c2cc(C(c3cc(C)c(C)c(C)c3C)c3cc(C)c(C)c(C)c3C)cc(C(c3cc(C)c(C)c(C)c3C)c3cc(C)c(OC(C)OC4CCCCC4)c(C)c3C)c2)c2cc(C)c(C)c(C)c2C)c(C)c(C)c1C. The minimum atomic E-state index is -0.339. The summed E-state index contributed by atoms with van der Waals surface area (Å²) in [4.78, 5) is 0. The molecule has 7 aromatic carbocycles. The van der Waals surface area contributed by atoms with Crippen molar-refractivity contribution in [2.45, 2.75) is 228 Å². The highest BCUT2D eigenvalue weighted by Crippen LogP contribution is 2.49. The number of rotatable bonds is 13. The molecule has 0 bridgehead atoms. The molecule has 0 saturated heterocycles. The molecule has 1 aliphatic carbocycles. The van der Waals surface area contributed by atoms with Crippen molar-refractivity contribution < 1.29 is 9.47 Å². The van der Waals surface area contributed by atoms with Gasteiger partial charge in [0.05, 0.1) is 6.10 Å². The second-order valence-corrected chi connectivity index (χ2v) is 25.0. The van der Waals surface area contributed by atoms with Gasteiger partial charge in [0.15, 0.2) is 6.29 Å². The molecular weight excluding hydrogens is 945 g/mol. The number of aryl methyl sites for hydroxylation is 6. The van der Waals surface area contributed by atoms with Gasteiger partial charge in [-0.1, -0.05) is 73.9 Å². The van der Waals surface area contributed by atoms with Gasteiger partial charge in [-0.05, 0) is 357 Å². The van der Waals surface area contributed by atoms with Crippen molar-refractivity contribution >= 4 is 0 Å². The molecule has 0 radical (unpaired) electrons. The van der Waals surface area contributed by atoms with Gasteiger partial charge in [0.25, 0.3) is 0 Å². The Bertz CT molecular complexity index is 3220. The van der Waals surface area contributed by atoms with Gasteiger partial charge in [0.1, 0.15) is 5.75 Å². The second kappa shape index (κ2) is 22.8. The number of ether oxygens (including phenoxy) is 2. The largest absolute Gasteiger partial charge is 0.465 e. The maximum absolute atomic E-state index is 6.91. The molecule has 1 saturated carbocycles. The summed E-state index contributed by atoms with van der Waals surface area (Å²) in [6, 6.07) is 23.1. The van der Waals surface area contributed by atoms with Crippen LogP contribution < -0.4 is 4.74 Å². The first kappa shape index (κ1) is 58.4. The second-order valence-electron chi connectivity index (χ2n) is 25.0. The van der Waals surface area contributed by atoms with Crippen LogP contribution in [0.5, 0.6) is 5.75 Å². The van der Waals surface area contributed by atoms with Crippen LogP contribution in [0, 0.1) is 159 Å². The van der Waals surface area contributed by atoms with Crippen molar-refractivity contribution in [3.8, 4) is 5.75 Å². The van der Waals surface area contributed by atoms with Gasteiger partial charge < -0.3 is 9.47 Å². The Morgan fingerprint density at radius 3 is 0.795 bits per heavy atom. The van der Waals surface area contributed by atoms with Crippen LogP contribution in [-0.2, 0) is 4.74 Å². The van der Waals surface area contributed by atoms with Crippen LogP contribution in [0.4, 0.5) is 0 Å². The molecule has 8 rings (SSSR count). The van der Waals surface area contributed by atoms with Crippen LogP contribution in [0.25, 0.3) is 0 Å². The van der Waals surface area contributed by atoms with E-state index in [2.05, 4.69) is 221 Å². The Morgan fingerprint density at radius 1 is 0.282 bits per heavy atom. The molecule has 0 amide bonds. The average Bonchev–Trinajstić information content (AvgIpc) is 3.52. The zero-order valence-electron chi connectivity index (χ0n) is 52.9. The summed E-state index contributed by atoms with van der Waals surface area (Å²) >= 11 is 0. The Labute approximate surface area is 473 Å². The molecule has 2 heteroatoms. The monoisotopic (exact) mass is 1040 g/mol. The van der Waals surface area contributed by atoms with E-state index in [1.165, 1.54) is 192 Å². The highest BCUT2D eigenvalue weighted by atomic mass is 16.7. The summed E-state index contributed by atoms with van der Waals surface area (Å²) in [7, 11) is 0. The maximum atomic E-state index is 6.91. The van der Waals surface area contributed by atoms with Crippen molar-refractivity contribution in [2.75, 3.05) is 0 Å². The zero-order chi connectivity index (χ0) is 57.3. The van der Waals surface area contributed by atoms with Gasteiger partial charge in [0.2, 0.25) is 0 Å². The topological polar surface area (TPSA) is 18.5 Å². The van der Waals surface area contributed by atoms with E-state index in [1.54, 1.807) is 0 Å². The normalized spacial score (nSPS) is 14.0. The smallest absolute Gasteiger partial charge is 0.197 e. The fourth-order valence-corrected chi connectivity index (χ4v) is 13.7. The van der Waals surface area contributed by atoms with Gasteiger partial charge >= 0.3 is 0 Å². The quantitative estimate of drug-likeness (QED) is 0.0846. The third kappa shape index (κ3) is 10.6. The van der Waals surface area contributed by atoms with Crippen LogP contribution in [0.3, 0.4) is 0 Å². The molecule has 0 aliphatic heterocycles. The summed E-state index contributed by atoms with van der Waals surface area (Å²) in [5, 5.41) is 0. The van der Waals surface area contributed by atoms with Crippen molar-refractivity contribution in [1.82, 2.24) is 0 Å². The van der Waals surface area contributed by atoms with E-state index in [-0.39, 0.29) is 30.1 Å². The standard InChI is InChI=1S/C76H96O2/c1-39-30-67(55(17)50(12)45(39)7)73(68-31-40(2)46(8)51(13)56(68)18)63-36-64(74(69-32-41(3)47(9)52(14)57(69)19)70-33-42(4)48(10)53(15)58(70)20)38-65(37-63)75(71-34-43(5)49(11)54(16)59(71)21)72-35-44(6)76(61(23)60(72)22)78-62(24)77-66-28-26-25-27-29-66/h30-38,62,66,73-75H,25-29H2,1-24H3. The van der Waals surface area contributed by atoms with Gasteiger partial charge in [-0.3, -0.25) is 0 Å². The summed E-state index contributed by atoms with van der Waals surface area (Å²) in [6.07, 6.45) is 5.90. The fourth-order valence-electron chi connectivity index (χ4n) is 13.7. The van der Waals surface area contributed by atoms with E-state index in [4.69, 9.17) is 9.47 Å². The lowest BCUT2D eigenvalue weighted by Crippen LogP contribution is -2.26. The van der Waals surface area contributed by atoms with Gasteiger partial charge in [-0.25, -0.2) is 0 Å². The first-order chi connectivity index (χ1) is 36.7. The Morgan fingerprint density at radius 2 is 0.526 bits per heavy atom. The highest BCUT2D eigenvalue weighted by molar-refractivity contribution is 5.64. The summed E-state index contributed by atoms with van der Waals surface area (Å²) in [6.45, 7) is 55.7. The van der Waals surface area contributed by atoms with Crippen LogP contribution in [0.2, 0.25) is 0 Å². The molecule has 0 aromatic heterocycles. The van der Waals surface area contributed by atoms with E-state index in [1.807, 2.05) is 0 Å². The molecule has 1 fully saturated rings. The number of hydrogen-bond acceptors (Lipinski definition) is 2. The van der Waals surface area contributed by atoms with E-state index < -0.39 is 0 Å². The van der Waals surface area contributed by atoms with Crippen LogP contribution >= 0.6 is 0 Å².